The molecular weight excluding hydrogens is 189 g/mol. The lowest BCUT2D eigenvalue weighted by Gasteiger charge is -2.26. The van der Waals surface area contributed by atoms with E-state index in [-0.39, 0.29) is 5.78 Å². The van der Waals surface area contributed by atoms with Crippen LogP contribution in [0.25, 0.3) is 0 Å². The number of rotatable bonds is 1. The van der Waals surface area contributed by atoms with E-state index in [1.165, 1.54) is 11.3 Å². The molecule has 13 heavy (non-hydrogen) atoms. The summed E-state index contributed by atoms with van der Waals surface area (Å²) in [5.41, 5.74) is -1.33. The zero-order valence-electron chi connectivity index (χ0n) is 7.12. The average molecular weight is 199 g/mol. The minimum Gasteiger partial charge on any atom is -0.300 e. The van der Waals surface area contributed by atoms with E-state index in [1.54, 1.807) is 11.6 Å². The van der Waals surface area contributed by atoms with Crippen LogP contribution in [0.1, 0.15) is 30.7 Å². The lowest BCUT2D eigenvalue weighted by molar-refractivity contribution is -0.123. The van der Waals surface area contributed by atoms with Gasteiger partial charge in [0, 0.05) is 24.4 Å². The smallest absolute Gasteiger partial charge is 0.163 e. The molecule has 2 rings (SSSR count). The highest BCUT2D eigenvalue weighted by atomic mass is 32.1. The fourth-order valence-corrected chi connectivity index (χ4v) is 2.37. The van der Waals surface area contributed by atoms with Crippen molar-refractivity contribution in [2.75, 3.05) is 0 Å². The number of thiazole rings is 1. The van der Waals surface area contributed by atoms with Gasteiger partial charge in [0.1, 0.15) is 10.8 Å². The summed E-state index contributed by atoms with van der Waals surface area (Å²) < 4.78 is 14.1. The highest BCUT2D eigenvalue weighted by Gasteiger charge is 2.38. The topological polar surface area (TPSA) is 30.0 Å². The summed E-state index contributed by atoms with van der Waals surface area (Å²) in [5, 5.41) is 2.30. The third-order valence-electron chi connectivity index (χ3n) is 2.42. The van der Waals surface area contributed by atoms with Gasteiger partial charge in [0.25, 0.3) is 0 Å². The van der Waals surface area contributed by atoms with E-state index < -0.39 is 5.67 Å². The lowest BCUT2D eigenvalue weighted by Crippen LogP contribution is -2.27. The van der Waals surface area contributed by atoms with Crippen molar-refractivity contribution in [2.45, 2.75) is 31.4 Å². The lowest BCUT2D eigenvalue weighted by atomic mass is 9.86. The van der Waals surface area contributed by atoms with Crippen molar-refractivity contribution >= 4 is 17.1 Å². The normalized spacial score (nSPS) is 21.8. The zero-order chi connectivity index (χ0) is 9.31. The Morgan fingerprint density at radius 2 is 2.15 bits per heavy atom. The SMILES string of the molecule is O=C1CCC(F)(c2nccs2)CC1. The summed E-state index contributed by atoms with van der Waals surface area (Å²) >= 11 is 1.33. The number of carbonyl (C=O) groups is 1. The predicted molar refractivity (Wildman–Crippen MR) is 48.4 cm³/mol. The first-order valence-corrected chi connectivity index (χ1v) is 5.19. The van der Waals surface area contributed by atoms with Crippen LogP contribution >= 0.6 is 11.3 Å². The van der Waals surface area contributed by atoms with Crippen molar-refractivity contribution in [3.8, 4) is 0 Å². The van der Waals surface area contributed by atoms with Gasteiger partial charge in [-0.05, 0) is 12.8 Å². The van der Waals surface area contributed by atoms with Crippen molar-refractivity contribution in [3.63, 3.8) is 0 Å². The quantitative estimate of drug-likeness (QED) is 0.695. The van der Waals surface area contributed by atoms with Gasteiger partial charge in [-0.1, -0.05) is 0 Å². The molecule has 1 aliphatic carbocycles. The molecule has 70 valence electrons. The average Bonchev–Trinajstić information content (AvgIpc) is 2.63. The summed E-state index contributed by atoms with van der Waals surface area (Å²) in [5.74, 6) is 0.171. The van der Waals surface area contributed by atoms with Crippen LogP contribution in [0.15, 0.2) is 11.6 Å². The van der Waals surface area contributed by atoms with Gasteiger partial charge in [-0.2, -0.15) is 0 Å². The molecule has 2 nitrogen and oxygen atoms in total. The Kier molecular flexibility index (Phi) is 2.15. The first kappa shape index (κ1) is 8.81. The number of hydrogen-bond acceptors (Lipinski definition) is 3. The Morgan fingerprint density at radius 3 is 2.69 bits per heavy atom. The van der Waals surface area contributed by atoms with Crippen LogP contribution in [0.2, 0.25) is 0 Å². The molecule has 0 bridgehead atoms. The van der Waals surface area contributed by atoms with Crippen LogP contribution in [0.4, 0.5) is 4.39 Å². The van der Waals surface area contributed by atoms with E-state index in [0.29, 0.717) is 30.7 Å². The molecule has 0 N–H and O–H groups in total. The second-order valence-corrected chi connectivity index (χ2v) is 4.24. The molecule has 1 aromatic rings. The molecule has 1 heterocycles. The van der Waals surface area contributed by atoms with Crippen molar-refractivity contribution in [1.29, 1.82) is 0 Å². The molecule has 0 spiro atoms. The largest absolute Gasteiger partial charge is 0.300 e. The highest BCUT2D eigenvalue weighted by Crippen LogP contribution is 2.40. The Labute approximate surface area is 79.8 Å². The molecule has 0 unspecified atom stereocenters. The van der Waals surface area contributed by atoms with E-state index in [2.05, 4.69) is 4.98 Å². The molecule has 4 heteroatoms. The third kappa shape index (κ3) is 1.63. The first-order valence-electron chi connectivity index (χ1n) is 4.31. The summed E-state index contributed by atoms with van der Waals surface area (Å²) in [6.45, 7) is 0. The van der Waals surface area contributed by atoms with E-state index in [4.69, 9.17) is 0 Å². The summed E-state index contributed by atoms with van der Waals surface area (Å²) in [7, 11) is 0. The van der Waals surface area contributed by atoms with Gasteiger partial charge in [-0.25, -0.2) is 9.37 Å². The van der Waals surface area contributed by atoms with Crippen LogP contribution in [-0.2, 0) is 10.5 Å². The van der Waals surface area contributed by atoms with E-state index in [1.807, 2.05) is 0 Å². The number of carbonyl (C=O) groups excluding carboxylic acids is 1. The maximum absolute atomic E-state index is 14.1. The van der Waals surface area contributed by atoms with Crippen molar-refractivity contribution in [1.82, 2.24) is 4.98 Å². The highest BCUT2D eigenvalue weighted by molar-refractivity contribution is 7.09. The summed E-state index contributed by atoms with van der Waals surface area (Å²) in [6.07, 6.45) is 2.93. The minimum atomic E-state index is -1.33. The fraction of sp³-hybridized carbons (Fsp3) is 0.556. The van der Waals surface area contributed by atoms with Crippen LogP contribution in [0, 0.1) is 0 Å². The van der Waals surface area contributed by atoms with Gasteiger partial charge in [0.2, 0.25) is 0 Å². The maximum atomic E-state index is 14.1. The van der Waals surface area contributed by atoms with Gasteiger partial charge in [-0.3, -0.25) is 4.79 Å². The van der Waals surface area contributed by atoms with Gasteiger partial charge >= 0.3 is 0 Å². The molecule has 0 saturated heterocycles. The fourth-order valence-electron chi connectivity index (χ4n) is 1.58. The van der Waals surface area contributed by atoms with E-state index in [9.17, 15) is 9.18 Å². The van der Waals surface area contributed by atoms with Gasteiger partial charge < -0.3 is 0 Å². The molecule has 1 aliphatic rings. The molecule has 0 atom stereocenters. The van der Waals surface area contributed by atoms with Crippen LogP contribution in [0.3, 0.4) is 0 Å². The number of hydrogen-bond donors (Lipinski definition) is 0. The van der Waals surface area contributed by atoms with Gasteiger partial charge in [-0.15, -0.1) is 11.3 Å². The Bertz CT molecular complexity index is 299. The standard InChI is InChI=1S/C9H10FNOS/c10-9(8-11-5-6-13-8)3-1-7(12)2-4-9/h5-6H,1-4H2. The number of Topliss-reactive ketones (excluding diaryl/α,β-unsaturated/α-hetero) is 1. The van der Waals surface area contributed by atoms with Crippen LogP contribution in [-0.4, -0.2) is 10.8 Å². The van der Waals surface area contributed by atoms with Crippen molar-refractivity contribution in [2.24, 2.45) is 0 Å². The molecule has 0 aromatic carbocycles. The zero-order valence-corrected chi connectivity index (χ0v) is 7.94. The summed E-state index contributed by atoms with van der Waals surface area (Å²) in [6, 6.07) is 0. The van der Waals surface area contributed by atoms with Crippen molar-refractivity contribution < 1.29 is 9.18 Å². The van der Waals surface area contributed by atoms with Crippen LogP contribution in [0.5, 0.6) is 0 Å². The van der Waals surface area contributed by atoms with Crippen LogP contribution < -0.4 is 0 Å². The van der Waals surface area contributed by atoms with E-state index >= 15 is 0 Å². The number of ketones is 1. The van der Waals surface area contributed by atoms with Gasteiger partial charge in [0.05, 0.1) is 0 Å². The number of halogens is 1. The molecule has 1 fully saturated rings. The number of nitrogens with zero attached hydrogens (tertiary/aromatic N) is 1. The molecule has 0 radical (unpaired) electrons. The molecular formula is C9H10FNOS. The first-order chi connectivity index (χ1) is 6.21. The Morgan fingerprint density at radius 1 is 1.46 bits per heavy atom. The molecule has 1 saturated carbocycles. The number of aromatic nitrogens is 1. The van der Waals surface area contributed by atoms with E-state index in [0.717, 1.165) is 0 Å². The van der Waals surface area contributed by atoms with Crippen molar-refractivity contribution in [3.05, 3.63) is 16.6 Å². The second-order valence-electron chi connectivity index (χ2n) is 3.34. The second kappa shape index (κ2) is 3.18. The monoisotopic (exact) mass is 199 g/mol. The minimum absolute atomic E-state index is 0.171. The Hall–Kier alpha value is -0.770. The summed E-state index contributed by atoms with van der Waals surface area (Å²) in [4.78, 5) is 14.9. The molecule has 0 amide bonds. The molecule has 1 aromatic heterocycles. The maximum Gasteiger partial charge on any atom is 0.163 e. The predicted octanol–water partition coefficient (Wildman–Crippen LogP) is 2.45. The molecule has 0 aliphatic heterocycles. The number of alkyl halides is 1. The van der Waals surface area contributed by atoms with Gasteiger partial charge in [0.15, 0.2) is 5.67 Å². The Balaban J connectivity index is 2.18. The third-order valence-corrected chi connectivity index (χ3v) is 3.37.